The second-order valence-corrected chi connectivity index (χ2v) is 12.8. The zero-order chi connectivity index (χ0) is 26.2. The summed E-state index contributed by atoms with van der Waals surface area (Å²) in [4.78, 5) is 27.1. The van der Waals surface area contributed by atoms with Gasteiger partial charge in [0.2, 0.25) is 5.91 Å². The van der Waals surface area contributed by atoms with Crippen molar-refractivity contribution < 1.29 is 9.90 Å². The van der Waals surface area contributed by atoms with Crippen LogP contribution in [0.2, 0.25) is 0 Å². The average molecular weight is 571 g/mol. The monoisotopic (exact) mass is 569 g/mol. The highest BCUT2D eigenvalue weighted by Gasteiger charge is 2.35. The fraction of sp³-hybridized carbons (Fsp3) is 0.621. The maximum Gasteiger partial charge on any atom is 0.231 e. The Morgan fingerprint density at radius 2 is 1.81 bits per heavy atom. The van der Waals surface area contributed by atoms with E-state index in [1.165, 1.54) is 25.7 Å². The Balaban J connectivity index is 1.26. The van der Waals surface area contributed by atoms with Crippen LogP contribution in [0.3, 0.4) is 0 Å². The SMILES string of the molecule is CC1C[C@@H](O)c2ncnc(N3CCN(C(=O)[C@H](CNC4CCC(C)(C)CC4)c4ccc(Br)cc4)CC3)c21. The Hall–Kier alpha value is -2.03. The number of benzene rings is 1. The smallest absolute Gasteiger partial charge is 0.231 e. The molecular weight excluding hydrogens is 530 g/mol. The van der Waals surface area contributed by atoms with Gasteiger partial charge >= 0.3 is 0 Å². The van der Waals surface area contributed by atoms with Crippen molar-refractivity contribution in [2.24, 2.45) is 5.41 Å². The fourth-order valence-corrected chi connectivity index (χ4v) is 6.51. The standard InChI is InChI=1S/C29H40BrN5O2/c1-19-16-24(36)26-25(19)27(33-18-32-26)34-12-14-35(15-13-34)28(37)23(20-4-6-21(30)7-5-20)17-31-22-8-10-29(2,3)11-9-22/h4-7,18-19,22-24,31,36H,8-17H2,1-3H3/t19?,23-,24-/m1/s1. The van der Waals surface area contributed by atoms with Gasteiger partial charge in [-0.1, -0.05) is 48.8 Å². The molecule has 1 saturated carbocycles. The summed E-state index contributed by atoms with van der Waals surface area (Å²) < 4.78 is 1.02. The summed E-state index contributed by atoms with van der Waals surface area (Å²) in [7, 11) is 0. The number of nitrogens with zero attached hydrogens (tertiary/aromatic N) is 4. The van der Waals surface area contributed by atoms with Crippen molar-refractivity contribution in [3.63, 3.8) is 0 Å². The van der Waals surface area contributed by atoms with Crippen molar-refractivity contribution in [2.75, 3.05) is 37.6 Å². The number of aromatic nitrogens is 2. The average Bonchev–Trinajstić information content (AvgIpc) is 3.19. The summed E-state index contributed by atoms with van der Waals surface area (Å²) in [6.45, 7) is 10.3. The van der Waals surface area contributed by atoms with Gasteiger partial charge in [0, 0.05) is 48.8 Å². The van der Waals surface area contributed by atoms with E-state index in [0.717, 1.165) is 40.2 Å². The highest BCUT2D eigenvalue weighted by Crippen LogP contribution is 2.43. The van der Waals surface area contributed by atoms with E-state index in [4.69, 9.17) is 0 Å². The first-order valence-corrected chi connectivity index (χ1v) is 14.6. The highest BCUT2D eigenvalue weighted by atomic mass is 79.9. The van der Waals surface area contributed by atoms with Crippen LogP contribution in [0.1, 0.15) is 87.6 Å². The molecule has 0 radical (unpaired) electrons. The lowest BCUT2D eigenvalue weighted by atomic mass is 9.75. The van der Waals surface area contributed by atoms with Gasteiger partial charge in [-0.25, -0.2) is 9.97 Å². The van der Waals surface area contributed by atoms with E-state index in [0.29, 0.717) is 37.5 Å². The molecule has 5 rings (SSSR count). The lowest BCUT2D eigenvalue weighted by molar-refractivity contribution is -0.133. The minimum absolute atomic E-state index is 0.197. The van der Waals surface area contributed by atoms with Crippen molar-refractivity contribution in [3.05, 3.63) is 51.9 Å². The Bertz CT molecular complexity index is 1090. The number of carbonyl (C=O) groups is 1. The minimum Gasteiger partial charge on any atom is -0.387 e. The Kier molecular flexibility index (Phi) is 7.89. The molecule has 2 N–H and O–H groups in total. The van der Waals surface area contributed by atoms with Gasteiger partial charge < -0.3 is 20.2 Å². The van der Waals surface area contributed by atoms with E-state index in [9.17, 15) is 9.90 Å². The lowest BCUT2D eigenvalue weighted by Gasteiger charge is -2.38. The number of piperazine rings is 1. The maximum absolute atomic E-state index is 13.9. The first kappa shape index (κ1) is 26.6. The van der Waals surface area contributed by atoms with Crippen LogP contribution in [0.4, 0.5) is 5.82 Å². The van der Waals surface area contributed by atoms with Crippen LogP contribution in [-0.4, -0.2) is 64.6 Å². The molecule has 37 heavy (non-hydrogen) atoms. The second kappa shape index (κ2) is 11.0. The predicted molar refractivity (Wildman–Crippen MR) is 150 cm³/mol. The van der Waals surface area contributed by atoms with Gasteiger partial charge in [0.05, 0.1) is 17.7 Å². The normalized spacial score (nSPS) is 24.7. The van der Waals surface area contributed by atoms with Gasteiger partial charge in [0.25, 0.3) is 0 Å². The van der Waals surface area contributed by atoms with E-state index in [2.05, 4.69) is 69.0 Å². The third-order valence-corrected chi connectivity index (χ3v) is 9.22. The molecule has 3 aliphatic rings. The van der Waals surface area contributed by atoms with Crippen LogP contribution in [0.5, 0.6) is 0 Å². The van der Waals surface area contributed by atoms with Gasteiger partial charge in [0.15, 0.2) is 0 Å². The van der Waals surface area contributed by atoms with Crippen LogP contribution >= 0.6 is 15.9 Å². The summed E-state index contributed by atoms with van der Waals surface area (Å²) in [6.07, 6.45) is 6.54. The Morgan fingerprint density at radius 1 is 1.14 bits per heavy atom. The minimum atomic E-state index is -0.510. The van der Waals surface area contributed by atoms with Crippen LogP contribution in [0.15, 0.2) is 35.1 Å². The van der Waals surface area contributed by atoms with Crippen LogP contribution in [0.25, 0.3) is 0 Å². The number of rotatable bonds is 6. The first-order valence-electron chi connectivity index (χ1n) is 13.8. The third-order valence-electron chi connectivity index (χ3n) is 8.69. The molecule has 1 unspecified atom stereocenters. The van der Waals surface area contributed by atoms with Gasteiger partial charge in [-0.05, 0) is 61.1 Å². The number of halogens is 1. The van der Waals surface area contributed by atoms with Crippen LogP contribution in [-0.2, 0) is 4.79 Å². The molecule has 7 nitrogen and oxygen atoms in total. The van der Waals surface area contributed by atoms with Gasteiger partial charge in [0.1, 0.15) is 12.1 Å². The first-order chi connectivity index (χ1) is 17.7. The number of anilines is 1. The fourth-order valence-electron chi connectivity index (χ4n) is 6.24. The molecule has 1 saturated heterocycles. The molecule has 8 heteroatoms. The molecule has 0 spiro atoms. The topological polar surface area (TPSA) is 81.6 Å². The zero-order valence-corrected chi connectivity index (χ0v) is 23.9. The molecule has 2 fully saturated rings. The number of hydrogen-bond acceptors (Lipinski definition) is 6. The number of carbonyl (C=O) groups excluding carboxylic acids is 1. The number of hydrogen-bond donors (Lipinski definition) is 2. The summed E-state index contributed by atoms with van der Waals surface area (Å²) in [6, 6.07) is 8.69. The van der Waals surface area contributed by atoms with Crippen molar-refractivity contribution in [2.45, 2.75) is 76.9 Å². The van der Waals surface area contributed by atoms with E-state index in [1.54, 1.807) is 6.33 Å². The molecular formula is C29H40BrN5O2. The molecule has 2 heterocycles. The largest absolute Gasteiger partial charge is 0.387 e. The Morgan fingerprint density at radius 3 is 2.49 bits per heavy atom. The summed E-state index contributed by atoms with van der Waals surface area (Å²) >= 11 is 3.54. The van der Waals surface area contributed by atoms with Crippen molar-refractivity contribution >= 4 is 27.7 Å². The molecule has 200 valence electrons. The van der Waals surface area contributed by atoms with E-state index in [1.807, 2.05) is 17.0 Å². The number of fused-ring (bicyclic) bond motifs is 1. The maximum atomic E-state index is 13.9. The molecule has 1 aromatic carbocycles. The van der Waals surface area contributed by atoms with Crippen molar-refractivity contribution in [3.8, 4) is 0 Å². The number of nitrogens with one attached hydrogen (secondary N) is 1. The van der Waals surface area contributed by atoms with Crippen molar-refractivity contribution in [1.29, 1.82) is 0 Å². The van der Waals surface area contributed by atoms with Crippen LogP contribution < -0.4 is 10.2 Å². The predicted octanol–water partition coefficient (Wildman–Crippen LogP) is 4.77. The molecule has 0 bridgehead atoms. The summed E-state index contributed by atoms with van der Waals surface area (Å²) in [5, 5.41) is 14.1. The lowest BCUT2D eigenvalue weighted by Crippen LogP contribution is -2.51. The number of aliphatic hydroxyl groups excluding tert-OH is 1. The van der Waals surface area contributed by atoms with Gasteiger partial charge in [-0.3, -0.25) is 4.79 Å². The molecule has 1 amide bonds. The number of amides is 1. The molecule has 2 aromatic rings. The quantitative estimate of drug-likeness (QED) is 0.521. The van der Waals surface area contributed by atoms with E-state index >= 15 is 0 Å². The summed E-state index contributed by atoms with van der Waals surface area (Å²) in [5.41, 5.74) is 3.33. The second-order valence-electron chi connectivity index (χ2n) is 11.9. The zero-order valence-electron chi connectivity index (χ0n) is 22.3. The van der Waals surface area contributed by atoms with Gasteiger partial charge in [-0.2, -0.15) is 0 Å². The van der Waals surface area contributed by atoms with Crippen molar-refractivity contribution in [1.82, 2.24) is 20.2 Å². The number of aliphatic hydroxyl groups is 1. The van der Waals surface area contributed by atoms with E-state index < -0.39 is 6.10 Å². The van der Waals surface area contributed by atoms with Crippen LogP contribution in [0, 0.1) is 5.41 Å². The summed E-state index contributed by atoms with van der Waals surface area (Å²) in [5.74, 6) is 1.15. The highest BCUT2D eigenvalue weighted by molar-refractivity contribution is 9.10. The van der Waals surface area contributed by atoms with E-state index in [-0.39, 0.29) is 17.7 Å². The third kappa shape index (κ3) is 5.86. The van der Waals surface area contributed by atoms with Gasteiger partial charge in [-0.15, -0.1) is 0 Å². The molecule has 1 aromatic heterocycles. The Labute approximate surface area is 229 Å². The molecule has 2 aliphatic carbocycles. The molecule has 1 aliphatic heterocycles. The molecule has 3 atom stereocenters.